The molecular weight excluding hydrogens is 264 g/mol. The number of carbonyl (C=O) groups is 1. The van der Waals surface area contributed by atoms with E-state index in [9.17, 15) is 4.79 Å². The van der Waals surface area contributed by atoms with Gasteiger partial charge in [0, 0.05) is 12.5 Å². The van der Waals surface area contributed by atoms with Gasteiger partial charge in [0.25, 0.3) is 0 Å². The van der Waals surface area contributed by atoms with E-state index in [1.54, 1.807) is 0 Å². The van der Waals surface area contributed by atoms with Crippen molar-refractivity contribution in [1.82, 2.24) is 10.2 Å². The Labute approximate surface area is 126 Å². The smallest absolute Gasteiger partial charge is 0.234 e. The number of hydrogen-bond donors (Lipinski definition) is 1. The molecule has 21 heavy (non-hydrogen) atoms. The highest BCUT2D eigenvalue weighted by Crippen LogP contribution is 2.27. The first-order valence-corrected chi connectivity index (χ1v) is 7.97. The average molecular weight is 288 g/mol. The minimum Gasteiger partial charge on any atom is -0.488 e. The molecule has 1 saturated heterocycles. The second-order valence-corrected chi connectivity index (χ2v) is 6.17. The third-order valence-corrected chi connectivity index (χ3v) is 4.53. The van der Waals surface area contributed by atoms with Crippen molar-refractivity contribution in [2.45, 2.75) is 44.8 Å². The molecule has 0 radical (unpaired) electrons. The number of likely N-dealkylation sites (tertiary alicyclic amines) is 1. The third-order valence-electron chi connectivity index (χ3n) is 4.53. The summed E-state index contributed by atoms with van der Waals surface area (Å²) < 4.78 is 5.84. The van der Waals surface area contributed by atoms with Gasteiger partial charge in [-0.2, -0.15) is 0 Å². The Morgan fingerprint density at radius 3 is 3.05 bits per heavy atom. The molecule has 2 heterocycles. The molecule has 2 aliphatic rings. The van der Waals surface area contributed by atoms with Crippen molar-refractivity contribution in [2.75, 3.05) is 19.6 Å². The molecule has 114 valence electrons. The van der Waals surface area contributed by atoms with Gasteiger partial charge in [-0.25, -0.2) is 0 Å². The zero-order valence-electron chi connectivity index (χ0n) is 12.7. The van der Waals surface area contributed by atoms with Gasteiger partial charge in [-0.1, -0.05) is 24.6 Å². The van der Waals surface area contributed by atoms with Gasteiger partial charge in [-0.15, -0.1) is 0 Å². The lowest BCUT2D eigenvalue weighted by Crippen LogP contribution is -2.46. The van der Waals surface area contributed by atoms with E-state index in [0.717, 1.165) is 18.7 Å². The summed E-state index contributed by atoms with van der Waals surface area (Å²) in [6.45, 7) is 4.36. The quantitative estimate of drug-likeness (QED) is 0.921. The fraction of sp³-hybridized carbons (Fsp3) is 0.588. The van der Waals surface area contributed by atoms with E-state index < -0.39 is 0 Å². The molecule has 0 aliphatic carbocycles. The topological polar surface area (TPSA) is 41.6 Å². The molecule has 0 bridgehead atoms. The predicted molar refractivity (Wildman–Crippen MR) is 82.5 cm³/mol. The largest absolute Gasteiger partial charge is 0.488 e. The summed E-state index contributed by atoms with van der Waals surface area (Å²) >= 11 is 0. The summed E-state index contributed by atoms with van der Waals surface area (Å²) in [7, 11) is 0. The van der Waals surface area contributed by atoms with Gasteiger partial charge in [0.2, 0.25) is 5.91 Å². The van der Waals surface area contributed by atoms with E-state index in [2.05, 4.69) is 23.2 Å². The number of nitrogens with one attached hydrogen (secondary N) is 1. The number of hydrogen-bond acceptors (Lipinski definition) is 3. The molecule has 1 aromatic rings. The van der Waals surface area contributed by atoms with Crippen molar-refractivity contribution in [3.05, 3.63) is 29.8 Å². The highest BCUT2D eigenvalue weighted by atomic mass is 16.5. The molecule has 3 rings (SSSR count). The van der Waals surface area contributed by atoms with Gasteiger partial charge >= 0.3 is 0 Å². The van der Waals surface area contributed by atoms with Crippen LogP contribution in [0.3, 0.4) is 0 Å². The summed E-state index contributed by atoms with van der Waals surface area (Å²) in [6.07, 6.45) is 4.65. The first-order chi connectivity index (χ1) is 10.2. The second-order valence-electron chi connectivity index (χ2n) is 6.17. The molecule has 1 fully saturated rings. The van der Waals surface area contributed by atoms with Crippen LogP contribution >= 0.6 is 0 Å². The first kappa shape index (κ1) is 14.4. The molecular formula is C17H24N2O2. The van der Waals surface area contributed by atoms with Crippen LogP contribution in [-0.4, -0.2) is 42.6 Å². The number of amides is 1. The van der Waals surface area contributed by atoms with Crippen molar-refractivity contribution < 1.29 is 9.53 Å². The van der Waals surface area contributed by atoms with E-state index in [-0.39, 0.29) is 12.0 Å². The zero-order chi connectivity index (χ0) is 14.7. The molecule has 0 spiro atoms. The molecule has 0 aromatic heterocycles. The number of benzene rings is 1. The van der Waals surface area contributed by atoms with Crippen LogP contribution in [0.15, 0.2) is 24.3 Å². The maximum Gasteiger partial charge on any atom is 0.234 e. The minimum absolute atomic E-state index is 0.0742. The van der Waals surface area contributed by atoms with Gasteiger partial charge in [0.15, 0.2) is 0 Å². The molecule has 4 heteroatoms. The Hall–Kier alpha value is -1.55. The molecule has 1 N–H and O–H groups in total. The summed E-state index contributed by atoms with van der Waals surface area (Å²) in [5, 5.41) is 3.02. The van der Waals surface area contributed by atoms with Crippen LogP contribution in [0, 0.1) is 0 Å². The van der Waals surface area contributed by atoms with E-state index in [4.69, 9.17) is 4.74 Å². The van der Waals surface area contributed by atoms with Gasteiger partial charge in [0.1, 0.15) is 11.9 Å². The Bertz CT molecular complexity index is 478. The normalized spacial score (nSPS) is 25.2. The van der Waals surface area contributed by atoms with Crippen LogP contribution < -0.4 is 10.1 Å². The lowest BCUT2D eigenvalue weighted by molar-refractivity contribution is -0.123. The van der Waals surface area contributed by atoms with Crippen LogP contribution in [0.2, 0.25) is 0 Å². The van der Waals surface area contributed by atoms with Crippen LogP contribution in [0.25, 0.3) is 0 Å². The van der Waals surface area contributed by atoms with Crippen LogP contribution in [0.1, 0.15) is 31.7 Å². The van der Waals surface area contributed by atoms with E-state index >= 15 is 0 Å². The number of piperidine rings is 1. The molecule has 2 atom stereocenters. The predicted octanol–water partition coefficient (Wildman–Crippen LogP) is 1.98. The molecule has 1 aromatic carbocycles. The maximum atomic E-state index is 12.1. The van der Waals surface area contributed by atoms with E-state index in [1.165, 1.54) is 24.8 Å². The van der Waals surface area contributed by atoms with Crippen molar-refractivity contribution in [3.8, 4) is 5.75 Å². The lowest BCUT2D eigenvalue weighted by atomic mass is 10.0. The fourth-order valence-corrected chi connectivity index (χ4v) is 3.23. The van der Waals surface area contributed by atoms with Crippen molar-refractivity contribution in [3.63, 3.8) is 0 Å². The van der Waals surface area contributed by atoms with Crippen molar-refractivity contribution >= 4 is 5.91 Å². The van der Waals surface area contributed by atoms with Crippen LogP contribution in [0.5, 0.6) is 5.75 Å². The molecule has 2 aliphatic heterocycles. The molecule has 4 nitrogen and oxygen atoms in total. The number of ether oxygens (including phenoxy) is 1. The second kappa shape index (κ2) is 6.48. The number of carbonyl (C=O) groups excluding carboxylic acids is 1. The Kier molecular flexibility index (Phi) is 4.44. The monoisotopic (exact) mass is 288 g/mol. The summed E-state index contributed by atoms with van der Waals surface area (Å²) in [6, 6.07) is 8.62. The van der Waals surface area contributed by atoms with Crippen LogP contribution in [-0.2, 0) is 11.2 Å². The molecule has 1 amide bonds. The summed E-state index contributed by atoms with van der Waals surface area (Å²) in [5.74, 6) is 1.07. The minimum atomic E-state index is 0.0742. The highest BCUT2D eigenvalue weighted by molar-refractivity contribution is 5.78. The Morgan fingerprint density at radius 2 is 2.24 bits per heavy atom. The molecule has 0 saturated carbocycles. The van der Waals surface area contributed by atoms with Gasteiger partial charge < -0.3 is 10.1 Å². The average Bonchev–Trinajstić information content (AvgIpc) is 2.90. The van der Waals surface area contributed by atoms with Gasteiger partial charge in [0.05, 0.1) is 13.1 Å². The lowest BCUT2D eigenvalue weighted by Gasteiger charge is -2.32. The van der Waals surface area contributed by atoms with E-state index in [1.807, 2.05) is 18.2 Å². The maximum absolute atomic E-state index is 12.1. The number of fused-ring (bicyclic) bond motifs is 1. The summed E-state index contributed by atoms with van der Waals surface area (Å²) in [4.78, 5) is 14.4. The van der Waals surface area contributed by atoms with Gasteiger partial charge in [-0.05, 0) is 37.9 Å². The van der Waals surface area contributed by atoms with Crippen molar-refractivity contribution in [2.24, 2.45) is 0 Å². The number of rotatable bonds is 4. The fourth-order valence-electron chi connectivity index (χ4n) is 3.23. The first-order valence-electron chi connectivity index (χ1n) is 7.97. The third kappa shape index (κ3) is 3.56. The Morgan fingerprint density at radius 1 is 1.38 bits per heavy atom. The zero-order valence-corrected chi connectivity index (χ0v) is 12.7. The number of para-hydroxylation sites is 1. The SMILES string of the molecule is CC1CCCCN1CC(=O)NCC1Cc2ccccc2O1. The summed E-state index contributed by atoms with van der Waals surface area (Å²) in [5.41, 5.74) is 1.24. The highest BCUT2D eigenvalue weighted by Gasteiger charge is 2.24. The van der Waals surface area contributed by atoms with Gasteiger partial charge in [-0.3, -0.25) is 9.69 Å². The Balaban J connectivity index is 1.43. The molecule has 2 unspecified atom stereocenters. The standard InChI is InChI=1S/C17H24N2O2/c1-13-6-4-5-9-19(13)12-17(20)18-11-15-10-14-7-2-3-8-16(14)21-15/h2-3,7-8,13,15H,4-6,9-12H2,1H3,(H,18,20). The number of nitrogens with zero attached hydrogens (tertiary/aromatic N) is 1. The van der Waals surface area contributed by atoms with E-state index in [0.29, 0.717) is 19.1 Å². The van der Waals surface area contributed by atoms with Crippen LogP contribution in [0.4, 0.5) is 0 Å². The van der Waals surface area contributed by atoms with Crippen molar-refractivity contribution in [1.29, 1.82) is 0 Å².